The minimum Gasteiger partial charge on any atom is -0.366 e. The number of nitriles is 1. The number of halogens is 3. The number of rotatable bonds is 2. The number of para-hydroxylation sites is 1. The molecular formula is C18H14F3N5S. The van der Waals surface area contributed by atoms with E-state index < -0.39 is 11.1 Å². The summed E-state index contributed by atoms with van der Waals surface area (Å²) in [7, 11) is 0. The van der Waals surface area contributed by atoms with Gasteiger partial charge in [0.05, 0.1) is 23.0 Å². The highest BCUT2D eigenvalue weighted by Crippen LogP contribution is 2.37. The van der Waals surface area contributed by atoms with Crippen molar-refractivity contribution in [3.05, 3.63) is 47.1 Å². The molecule has 3 aromatic rings. The molecule has 0 radical (unpaired) electrons. The van der Waals surface area contributed by atoms with Crippen LogP contribution >= 0.6 is 11.3 Å². The minimum absolute atomic E-state index is 0.377. The number of alkyl halides is 3. The second kappa shape index (κ2) is 6.70. The fourth-order valence-electron chi connectivity index (χ4n) is 3.21. The molecule has 4 rings (SSSR count). The van der Waals surface area contributed by atoms with Crippen LogP contribution in [0.3, 0.4) is 0 Å². The van der Waals surface area contributed by atoms with Crippen molar-refractivity contribution < 1.29 is 13.2 Å². The van der Waals surface area contributed by atoms with Gasteiger partial charge in [0.2, 0.25) is 0 Å². The van der Waals surface area contributed by atoms with Crippen LogP contribution in [0.5, 0.6) is 0 Å². The second-order valence-corrected chi connectivity index (χ2v) is 7.14. The van der Waals surface area contributed by atoms with Gasteiger partial charge in [0, 0.05) is 37.8 Å². The average molecular weight is 389 g/mol. The third-order valence-electron chi connectivity index (χ3n) is 4.51. The third kappa shape index (κ3) is 3.28. The first-order valence-electron chi connectivity index (χ1n) is 8.28. The van der Waals surface area contributed by atoms with E-state index in [0.29, 0.717) is 48.2 Å². The molecule has 5 nitrogen and oxygen atoms in total. The van der Waals surface area contributed by atoms with Crippen molar-refractivity contribution in [3.8, 4) is 6.07 Å². The summed E-state index contributed by atoms with van der Waals surface area (Å²) in [6, 6.07) is 9.81. The highest BCUT2D eigenvalue weighted by molar-refractivity contribution is 7.15. The van der Waals surface area contributed by atoms with Gasteiger partial charge in [-0.3, -0.25) is 4.98 Å². The van der Waals surface area contributed by atoms with Crippen LogP contribution < -0.4 is 9.80 Å². The van der Waals surface area contributed by atoms with Crippen LogP contribution in [0.15, 0.2) is 36.7 Å². The first-order valence-corrected chi connectivity index (χ1v) is 9.10. The minimum atomic E-state index is -4.37. The first kappa shape index (κ1) is 17.5. The van der Waals surface area contributed by atoms with Gasteiger partial charge in [0.15, 0.2) is 5.13 Å². The van der Waals surface area contributed by atoms with Gasteiger partial charge in [-0.15, -0.1) is 0 Å². The van der Waals surface area contributed by atoms with E-state index >= 15 is 0 Å². The first-order chi connectivity index (χ1) is 13.0. The van der Waals surface area contributed by atoms with Crippen LogP contribution in [-0.4, -0.2) is 36.1 Å². The maximum Gasteiger partial charge on any atom is 0.427 e. The third-order valence-corrected chi connectivity index (χ3v) is 5.61. The Bertz CT molecular complexity index is 1020. The number of nitrogens with zero attached hydrogens (tertiary/aromatic N) is 5. The van der Waals surface area contributed by atoms with Crippen molar-refractivity contribution in [2.24, 2.45) is 0 Å². The highest BCUT2D eigenvalue weighted by Gasteiger charge is 2.34. The average Bonchev–Trinajstić information content (AvgIpc) is 3.18. The predicted molar refractivity (Wildman–Crippen MR) is 98.0 cm³/mol. The Hall–Kier alpha value is -2.86. The van der Waals surface area contributed by atoms with Crippen molar-refractivity contribution in [2.45, 2.75) is 6.18 Å². The van der Waals surface area contributed by atoms with E-state index in [1.165, 1.54) is 0 Å². The molecule has 1 aromatic carbocycles. The van der Waals surface area contributed by atoms with Crippen molar-refractivity contribution in [2.75, 3.05) is 36.0 Å². The van der Waals surface area contributed by atoms with Crippen LogP contribution in [0.4, 0.5) is 24.0 Å². The number of pyridine rings is 1. The summed E-state index contributed by atoms with van der Waals surface area (Å²) < 4.78 is 38.4. The largest absolute Gasteiger partial charge is 0.427 e. The molecule has 0 bridgehead atoms. The van der Waals surface area contributed by atoms with Gasteiger partial charge in [-0.1, -0.05) is 29.5 Å². The summed E-state index contributed by atoms with van der Waals surface area (Å²) in [5.74, 6) is 0. The summed E-state index contributed by atoms with van der Waals surface area (Å²) in [6.45, 7) is 2.24. The second-order valence-electron chi connectivity index (χ2n) is 6.13. The topological polar surface area (TPSA) is 56.1 Å². The molecule has 138 valence electrons. The Kier molecular flexibility index (Phi) is 4.36. The van der Waals surface area contributed by atoms with Crippen LogP contribution in [0.1, 0.15) is 10.4 Å². The SMILES string of the molecule is N#Cc1cnc2ccccc2c1N1CCN(c2ncc(C(F)(F)F)s2)CC1. The number of piperazine rings is 1. The zero-order valence-electron chi connectivity index (χ0n) is 14.1. The highest BCUT2D eigenvalue weighted by atomic mass is 32.1. The lowest BCUT2D eigenvalue weighted by Crippen LogP contribution is -2.46. The Morgan fingerprint density at radius 3 is 2.37 bits per heavy atom. The molecule has 0 atom stereocenters. The van der Waals surface area contributed by atoms with E-state index in [-0.39, 0.29) is 0 Å². The molecule has 27 heavy (non-hydrogen) atoms. The summed E-state index contributed by atoms with van der Waals surface area (Å²) in [4.78, 5) is 11.5. The van der Waals surface area contributed by atoms with E-state index in [1.54, 1.807) is 6.20 Å². The fraction of sp³-hybridized carbons (Fsp3) is 0.278. The summed E-state index contributed by atoms with van der Waals surface area (Å²) in [5.41, 5.74) is 2.14. The predicted octanol–water partition coefficient (Wildman–Crippen LogP) is 3.91. The van der Waals surface area contributed by atoms with Gasteiger partial charge >= 0.3 is 6.18 Å². The van der Waals surface area contributed by atoms with E-state index in [1.807, 2.05) is 29.2 Å². The molecule has 1 aliphatic rings. The Balaban J connectivity index is 1.57. The molecule has 0 N–H and O–H groups in total. The Labute approximate surface area is 157 Å². The van der Waals surface area contributed by atoms with Crippen LogP contribution in [-0.2, 0) is 6.18 Å². The summed E-state index contributed by atoms with van der Waals surface area (Å²) in [5, 5.41) is 10.8. The van der Waals surface area contributed by atoms with Gasteiger partial charge in [-0.05, 0) is 6.07 Å². The van der Waals surface area contributed by atoms with Gasteiger partial charge < -0.3 is 9.80 Å². The molecule has 2 aromatic heterocycles. The monoisotopic (exact) mass is 389 g/mol. The molecule has 1 aliphatic heterocycles. The Morgan fingerprint density at radius 1 is 1.00 bits per heavy atom. The van der Waals surface area contributed by atoms with E-state index in [4.69, 9.17) is 0 Å². The summed E-state index contributed by atoms with van der Waals surface area (Å²) >= 11 is 0.663. The molecule has 0 unspecified atom stereocenters. The maximum absolute atomic E-state index is 12.8. The number of anilines is 2. The number of benzene rings is 1. The quantitative estimate of drug-likeness (QED) is 0.665. The molecular weight excluding hydrogens is 375 g/mol. The normalized spacial score (nSPS) is 15.2. The Morgan fingerprint density at radius 2 is 1.70 bits per heavy atom. The van der Waals surface area contributed by atoms with Gasteiger partial charge in [0.25, 0.3) is 0 Å². The molecule has 0 saturated carbocycles. The number of thiazole rings is 1. The van der Waals surface area contributed by atoms with Crippen molar-refractivity contribution in [3.63, 3.8) is 0 Å². The van der Waals surface area contributed by atoms with E-state index in [0.717, 1.165) is 22.8 Å². The fourth-order valence-corrected chi connectivity index (χ4v) is 4.05. The van der Waals surface area contributed by atoms with Gasteiger partial charge in [0.1, 0.15) is 10.9 Å². The number of hydrogen-bond acceptors (Lipinski definition) is 6. The molecule has 0 spiro atoms. The maximum atomic E-state index is 12.8. The zero-order valence-corrected chi connectivity index (χ0v) is 14.9. The number of fused-ring (bicyclic) bond motifs is 1. The van der Waals surface area contributed by atoms with Gasteiger partial charge in [-0.2, -0.15) is 18.4 Å². The lowest BCUT2D eigenvalue weighted by atomic mass is 10.1. The molecule has 9 heteroatoms. The molecule has 0 amide bonds. The lowest BCUT2D eigenvalue weighted by Gasteiger charge is -2.36. The van der Waals surface area contributed by atoms with Crippen LogP contribution in [0, 0.1) is 11.3 Å². The molecule has 0 aliphatic carbocycles. The molecule has 1 saturated heterocycles. The molecule has 1 fully saturated rings. The number of hydrogen-bond donors (Lipinski definition) is 0. The van der Waals surface area contributed by atoms with Crippen molar-refractivity contribution >= 4 is 33.1 Å². The van der Waals surface area contributed by atoms with Crippen LogP contribution in [0.25, 0.3) is 10.9 Å². The molecule has 3 heterocycles. The lowest BCUT2D eigenvalue weighted by molar-refractivity contribution is -0.134. The van der Waals surface area contributed by atoms with E-state index in [9.17, 15) is 18.4 Å². The number of aromatic nitrogens is 2. The summed E-state index contributed by atoms with van der Waals surface area (Å²) in [6.07, 6.45) is -1.91. The van der Waals surface area contributed by atoms with E-state index in [2.05, 4.69) is 20.9 Å². The smallest absolute Gasteiger partial charge is 0.366 e. The zero-order chi connectivity index (χ0) is 19.0. The standard InChI is InChI=1S/C18H14F3N5S/c19-18(20,21)15-11-24-17(27-15)26-7-5-25(6-8-26)16-12(9-22)10-23-14-4-2-1-3-13(14)16/h1-4,10-11H,5-8H2. The van der Waals surface area contributed by atoms with Crippen LogP contribution in [0.2, 0.25) is 0 Å². The van der Waals surface area contributed by atoms with Gasteiger partial charge in [-0.25, -0.2) is 4.98 Å². The van der Waals surface area contributed by atoms with Crippen molar-refractivity contribution in [1.29, 1.82) is 5.26 Å². The van der Waals surface area contributed by atoms with Crippen molar-refractivity contribution in [1.82, 2.24) is 9.97 Å².